The minimum atomic E-state index is -0.510. The lowest BCUT2D eigenvalue weighted by atomic mass is 9.90. The van der Waals surface area contributed by atoms with Crippen LogP contribution in [0.4, 0.5) is 5.69 Å². The maximum Gasteiger partial charge on any atom is 0.248 e. The summed E-state index contributed by atoms with van der Waals surface area (Å²) in [6.45, 7) is 2.85. The highest BCUT2D eigenvalue weighted by Gasteiger charge is 2.16. The first-order valence-corrected chi connectivity index (χ1v) is 10.5. The Labute approximate surface area is 177 Å². The molecule has 0 unspecified atom stereocenters. The molecule has 0 radical (unpaired) electrons. The highest BCUT2D eigenvalue weighted by atomic mass is 16.2. The van der Waals surface area contributed by atoms with E-state index in [2.05, 4.69) is 23.5 Å². The maximum absolute atomic E-state index is 12.7. The van der Waals surface area contributed by atoms with E-state index in [4.69, 9.17) is 5.73 Å². The van der Waals surface area contributed by atoms with Crippen LogP contribution in [-0.4, -0.2) is 35.7 Å². The van der Waals surface area contributed by atoms with E-state index in [0.717, 1.165) is 18.4 Å². The van der Waals surface area contributed by atoms with Crippen LogP contribution in [0.3, 0.4) is 0 Å². The average molecular weight is 408 g/mol. The van der Waals surface area contributed by atoms with Gasteiger partial charge in [-0.15, -0.1) is 0 Å². The van der Waals surface area contributed by atoms with E-state index in [1.807, 2.05) is 6.92 Å². The summed E-state index contributed by atoms with van der Waals surface area (Å²) in [7, 11) is 0. The largest absolute Gasteiger partial charge is 0.366 e. The number of carbonyl (C=O) groups is 3. The molecule has 6 nitrogen and oxygen atoms in total. The maximum atomic E-state index is 12.7. The van der Waals surface area contributed by atoms with Gasteiger partial charge in [0.25, 0.3) is 0 Å². The van der Waals surface area contributed by atoms with Crippen molar-refractivity contribution in [2.24, 2.45) is 5.73 Å². The molecule has 1 aliphatic carbocycles. The van der Waals surface area contributed by atoms with Crippen LogP contribution in [0.5, 0.6) is 0 Å². The van der Waals surface area contributed by atoms with E-state index < -0.39 is 5.91 Å². The van der Waals surface area contributed by atoms with Crippen molar-refractivity contribution >= 4 is 23.4 Å². The molecule has 158 valence electrons. The van der Waals surface area contributed by atoms with Crippen molar-refractivity contribution in [3.05, 3.63) is 64.7 Å². The summed E-state index contributed by atoms with van der Waals surface area (Å²) < 4.78 is 0. The Morgan fingerprint density at radius 1 is 1.00 bits per heavy atom. The summed E-state index contributed by atoms with van der Waals surface area (Å²) in [4.78, 5) is 37.8. The highest BCUT2D eigenvalue weighted by molar-refractivity contribution is 5.95. The number of benzene rings is 2. The predicted octanol–water partition coefficient (Wildman–Crippen LogP) is 3.08. The molecule has 3 amide bonds. The highest BCUT2D eigenvalue weighted by Crippen LogP contribution is 2.22. The van der Waals surface area contributed by atoms with Crippen LogP contribution < -0.4 is 11.1 Å². The Bertz CT molecular complexity index is 922. The molecule has 0 fully saturated rings. The number of hydrogen-bond donors (Lipinski definition) is 2. The smallest absolute Gasteiger partial charge is 0.248 e. The summed E-state index contributed by atoms with van der Waals surface area (Å²) >= 11 is 0. The van der Waals surface area contributed by atoms with Crippen molar-refractivity contribution in [3.63, 3.8) is 0 Å². The van der Waals surface area contributed by atoms with Gasteiger partial charge >= 0.3 is 0 Å². The zero-order valence-corrected chi connectivity index (χ0v) is 17.4. The molecule has 0 saturated heterocycles. The molecule has 1 aliphatic rings. The summed E-state index contributed by atoms with van der Waals surface area (Å²) in [6, 6.07) is 12.8. The first-order valence-electron chi connectivity index (χ1n) is 10.5. The number of likely N-dealkylation sites (N-methyl/N-ethyl adjacent to an activating group) is 1. The van der Waals surface area contributed by atoms with Crippen LogP contribution in [-0.2, 0) is 28.9 Å². The van der Waals surface area contributed by atoms with E-state index in [9.17, 15) is 14.4 Å². The Kier molecular flexibility index (Phi) is 7.22. The number of aryl methyl sites for hydroxylation is 2. The predicted molar refractivity (Wildman–Crippen MR) is 117 cm³/mol. The van der Waals surface area contributed by atoms with E-state index in [0.29, 0.717) is 30.8 Å². The van der Waals surface area contributed by atoms with Crippen LogP contribution in [0.25, 0.3) is 0 Å². The van der Waals surface area contributed by atoms with Crippen LogP contribution in [0.15, 0.2) is 42.5 Å². The molecule has 2 aromatic rings. The average Bonchev–Trinajstić information content (AvgIpc) is 2.74. The number of carbonyl (C=O) groups excluding carboxylic acids is 3. The summed E-state index contributed by atoms with van der Waals surface area (Å²) in [5, 5.41) is 2.78. The van der Waals surface area contributed by atoms with E-state index in [1.165, 1.54) is 24.0 Å². The van der Waals surface area contributed by atoms with Crippen LogP contribution in [0.1, 0.15) is 53.2 Å². The number of fused-ring (bicyclic) bond motifs is 1. The Morgan fingerprint density at radius 3 is 2.37 bits per heavy atom. The topological polar surface area (TPSA) is 92.5 Å². The normalized spacial score (nSPS) is 12.7. The molecule has 0 aromatic heterocycles. The van der Waals surface area contributed by atoms with Gasteiger partial charge in [-0.2, -0.15) is 0 Å². The minimum absolute atomic E-state index is 0.0341. The lowest BCUT2D eigenvalue weighted by Crippen LogP contribution is -2.34. The standard InChI is InChI=1S/C24H29N3O3/c1-2-27(14-13-22(28)26-21-11-9-19(10-12-21)24(25)30)23(29)16-17-7-8-18-5-3-4-6-20(18)15-17/h7-12,15H,2-6,13-14,16H2,1H3,(H2,25,30)(H,26,28). The summed E-state index contributed by atoms with van der Waals surface area (Å²) in [5.41, 5.74) is 10.0. The van der Waals surface area contributed by atoms with Gasteiger partial charge < -0.3 is 16.0 Å². The molecule has 0 heterocycles. The van der Waals surface area contributed by atoms with E-state index in [1.54, 1.807) is 29.2 Å². The van der Waals surface area contributed by atoms with Gasteiger partial charge in [0.05, 0.1) is 6.42 Å². The molecule has 3 rings (SSSR count). The first kappa shape index (κ1) is 21.6. The molecule has 0 aliphatic heterocycles. The van der Waals surface area contributed by atoms with Crippen molar-refractivity contribution < 1.29 is 14.4 Å². The lowest BCUT2D eigenvalue weighted by Gasteiger charge is -2.22. The van der Waals surface area contributed by atoms with Gasteiger partial charge in [-0.3, -0.25) is 14.4 Å². The van der Waals surface area contributed by atoms with E-state index >= 15 is 0 Å². The summed E-state index contributed by atoms with van der Waals surface area (Å²) in [6.07, 6.45) is 5.25. The fourth-order valence-electron chi connectivity index (χ4n) is 3.82. The third-order valence-electron chi connectivity index (χ3n) is 5.56. The Morgan fingerprint density at radius 2 is 1.70 bits per heavy atom. The molecule has 2 aromatic carbocycles. The molecular formula is C24H29N3O3. The molecule has 0 bridgehead atoms. The summed E-state index contributed by atoms with van der Waals surface area (Å²) in [5.74, 6) is -0.655. The number of amides is 3. The van der Waals surface area contributed by atoms with Crippen LogP contribution in [0.2, 0.25) is 0 Å². The third kappa shape index (κ3) is 5.69. The second-order valence-electron chi connectivity index (χ2n) is 7.70. The minimum Gasteiger partial charge on any atom is -0.366 e. The zero-order chi connectivity index (χ0) is 21.5. The monoisotopic (exact) mass is 407 g/mol. The third-order valence-corrected chi connectivity index (χ3v) is 5.56. The number of primary amides is 1. The van der Waals surface area contributed by atoms with Crippen molar-refractivity contribution in [3.8, 4) is 0 Å². The molecule has 0 saturated carbocycles. The van der Waals surface area contributed by atoms with Crippen molar-refractivity contribution in [1.29, 1.82) is 0 Å². The van der Waals surface area contributed by atoms with E-state index in [-0.39, 0.29) is 18.2 Å². The van der Waals surface area contributed by atoms with Crippen molar-refractivity contribution in [2.45, 2.75) is 45.4 Å². The van der Waals surface area contributed by atoms with Gasteiger partial charge in [0.1, 0.15) is 0 Å². The van der Waals surface area contributed by atoms with Gasteiger partial charge in [0.2, 0.25) is 17.7 Å². The quantitative estimate of drug-likeness (QED) is 0.704. The van der Waals surface area contributed by atoms with Gasteiger partial charge in [0, 0.05) is 30.8 Å². The fraction of sp³-hybridized carbons (Fsp3) is 0.375. The zero-order valence-electron chi connectivity index (χ0n) is 17.4. The van der Waals surface area contributed by atoms with Gasteiger partial charge in [-0.25, -0.2) is 0 Å². The number of rotatable bonds is 8. The Balaban J connectivity index is 1.51. The number of nitrogens with zero attached hydrogens (tertiary/aromatic N) is 1. The first-order chi connectivity index (χ1) is 14.5. The number of anilines is 1. The number of nitrogens with two attached hydrogens (primary N) is 1. The number of nitrogens with one attached hydrogen (secondary N) is 1. The molecule has 30 heavy (non-hydrogen) atoms. The van der Waals surface area contributed by atoms with Crippen LogP contribution in [0, 0.1) is 0 Å². The molecule has 3 N–H and O–H groups in total. The number of hydrogen-bond acceptors (Lipinski definition) is 3. The van der Waals surface area contributed by atoms with Crippen molar-refractivity contribution in [1.82, 2.24) is 4.90 Å². The molecule has 6 heteroatoms. The molecular weight excluding hydrogens is 378 g/mol. The molecule has 0 atom stereocenters. The fourth-order valence-corrected chi connectivity index (χ4v) is 3.82. The second-order valence-corrected chi connectivity index (χ2v) is 7.70. The van der Waals surface area contributed by atoms with Gasteiger partial charge in [-0.05, 0) is 73.6 Å². The second kappa shape index (κ2) is 10.1. The molecule has 0 spiro atoms. The van der Waals surface area contributed by atoms with Gasteiger partial charge in [0.15, 0.2) is 0 Å². The Hall–Kier alpha value is -3.15. The SMILES string of the molecule is CCN(CCC(=O)Nc1ccc(C(N)=O)cc1)C(=O)Cc1ccc2c(c1)CCCC2. The van der Waals surface area contributed by atoms with Crippen molar-refractivity contribution in [2.75, 3.05) is 18.4 Å². The van der Waals surface area contributed by atoms with Gasteiger partial charge in [-0.1, -0.05) is 18.2 Å². The lowest BCUT2D eigenvalue weighted by molar-refractivity contribution is -0.130. The van der Waals surface area contributed by atoms with Crippen LogP contribution >= 0.6 is 0 Å².